The Morgan fingerprint density at radius 1 is 1.18 bits per heavy atom. The molecule has 0 radical (unpaired) electrons. The molecular weight excluding hydrogens is 420 g/mol. The van der Waals surface area contributed by atoms with E-state index in [1.54, 1.807) is 12.1 Å². The first kappa shape index (κ1) is 18.9. The first-order valence-electron chi connectivity index (χ1n) is 9.38. The van der Waals surface area contributed by atoms with E-state index in [-0.39, 0.29) is 5.90 Å². The van der Waals surface area contributed by atoms with Crippen LogP contribution < -0.4 is 0 Å². The highest BCUT2D eigenvalue weighted by Crippen LogP contribution is 2.70. The largest absolute Gasteiger partial charge is 0.447 e. The second kappa shape index (κ2) is 6.31. The maximum absolute atomic E-state index is 10.3. The number of ether oxygens (including phenoxy) is 2. The smallest absolute Gasteiger partial charge is 0.217 e. The first-order chi connectivity index (χ1) is 13.4. The van der Waals surface area contributed by atoms with Crippen molar-refractivity contribution in [3.05, 3.63) is 34.3 Å². The van der Waals surface area contributed by atoms with Crippen LogP contribution in [0.25, 0.3) is 0 Å². The van der Waals surface area contributed by atoms with Crippen LogP contribution in [0.15, 0.2) is 28.7 Å². The molecule has 2 heterocycles. The molecule has 28 heavy (non-hydrogen) atoms. The third-order valence-corrected chi connectivity index (χ3v) is 7.30. The Balaban J connectivity index is 1.96. The molecule has 2 bridgehead atoms. The molecule has 0 amide bonds. The predicted octanol–water partition coefficient (Wildman–Crippen LogP) is 4.59. The van der Waals surface area contributed by atoms with Gasteiger partial charge in [0.15, 0.2) is 5.41 Å². The van der Waals surface area contributed by atoms with Crippen molar-refractivity contribution in [1.82, 2.24) is 0 Å². The Morgan fingerprint density at radius 3 is 2.43 bits per heavy atom. The molecule has 5 unspecified atom stereocenters. The molecule has 2 saturated heterocycles. The highest BCUT2D eigenvalue weighted by atomic mass is 79.9. The fraction of sp³-hybridized carbons (Fsp3) is 0.524. The predicted molar refractivity (Wildman–Crippen MR) is 102 cm³/mol. The molecule has 7 heteroatoms. The summed E-state index contributed by atoms with van der Waals surface area (Å²) >= 11 is 3.39. The van der Waals surface area contributed by atoms with E-state index in [0.29, 0.717) is 24.3 Å². The van der Waals surface area contributed by atoms with E-state index < -0.39 is 28.6 Å². The standard InChI is InChI=1S/C21H19BrN4O2/c1-2-13-7-8-21-16(9-13)20(12-25,18(26)28-21)19(10-23,11-24)17(27-21)14-3-5-15(22)6-4-14/h3-6,13,16-17,26H,2,7-9H2,1H3. The molecule has 1 N–H and O–H groups in total. The minimum atomic E-state index is -1.87. The van der Waals surface area contributed by atoms with Gasteiger partial charge in [-0.3, -0.25) is 5.41 Å². The van der Waals surface area contributed by atoms with E-state index in [0.717, 1.165) is 17.3 Å². The van der Waals surface area contributed by atoms with E-state index in [2.05, 4.69) is 41.1 Å². The summed E-state index contributed by atoms with van der Waals surface area (Å²) in [5.74, 6) is -1.60. The summed E-state index contributed by atoms with van der Waals surface area (Å²) in [6, 6.07) is 13.6. The van der Waals surface area contributed by atoms with Gasteiger partial charge in [0.2, 0.25) is 17.1 Å². The summed E-state index contributed by atoms with van der Waals surface area (Å²) in [6.07, 6.45) is 1.96. The Hall–Kier alpha value is -2.40. The Kier molecular flexibility index (Phi) is 4.27. The van der Waals surface area contributed by atoms with Gasteiger partial charge in [-0.05, 0) is 36.5 Å². The van der Waals surface area contributed by atoms with Gasteiger partial charge in [0.1, 0.15) is 6.10 Å². The Morgan fingerprint density at radius 2 is 1.86 bits per heavy atom. The van der Waals surface area contributed by atoms with E-state index in [1.165, 1.54) is 0 Å². The van der Waals surface area contributed by atoms with Gasteiger partial charge in [-0.1, -0.05) is 41.4 Å². The molecule has 1 aromatic rings. The van der Waals surface area contributed by atoms with Crippen molar-refractivity contribution < 1.29 is 9.47 Å². The topological polar surface area (TPSA) is 114 Å². The minimum absolute atomic E-state index is 0.306. The molecule has 3 fully saturated rings. The summed E-state index contributed by atoms with van der Waals surface area (Å²) < 4.78 is 13.2. The Labute approximate surface area is 172 Å². The van der Waals surface area contributed by atoms with Gasteiger partial charge >= 0.3 is 0 Å². The molecule has 5 atom stereocenters. The highest BCUT2D eigenvalue weighted by molar-refractivity contribution is 9.10. The monoisotopic (exact) mass is 438 g/mol. The van der Waals surface area contributed by atoms with Gasteiger partial charge in [-0.25, -0.2) is 0 Å². The molecule has 0 aromatic heterocycles. The quantitative estimate of drug-likeness (QED) is 0.724. The molecule has 3 aliphatic rings. The lowest BCUT2D eigenvalue weighted by molar-refractivity contribution is -0.299. The number of nitrogens with one attached hydrogen (secondary N) is 1. The maximum Gasteiger partial charge on any atom is 0.217 e. The van der Waals surface area contributed by atoms with E-state index in [9.17, 15) is 15.8 Å². The van der Waals surface area contributed by atoms with Crippen LogP contribution >= 0.6 is 15.9 Å². The molecule has 4 rings (SSSR count). The number of benzene rings is 1. The summed E-state index contributed by atoms with van der Waals surface area (Å²) in [5, 5.41) is 39.3. The van der Waals surface area contributed by atoms with E-state index in [4.69, 9.17) is 14.9 Å². The van der Waals surface area contributed by atoms with Crippen molar-refractivity contribution in [2.24, 2.45) is 22.7 Å². The zero-order chi connectivity index (χ0) is 20.2. The van der Waals surface area contributed by atoms with Crippen molar-refractivity contribution in [1.29, 1.82) is 21.2 Å². The SMILES string of the molecule is CCC1CCC23OC(=N)C(C#N)(C2C1)C(C#N)(C#N)C(c1ccc(Br)cc1)O3. The van der Waals surface area contributed by atoms with Gasteiger partial charge in [-0.15, -0.1) is 0 Å². The number of hydrogen-bond donors (Lipinski definition) is 1. The van der Waals surface area contributed by atoms with Crippen molar-refractivity contribution in [3.63, 3.8) is 0 Å². The average molecular weight is 439 g/mol. The fourth-order valence-electron chi connectivity index (χ4n) is 5.23. The number of hydrogen-bond acceptors (Lipinski definition) is 6. The van der Waals surface area contributed by atoms with Gasteiger partial charge < -0.3 is 9.47 Å². The molecule has 1 aliphatic carbocycles. The lowest BCUT2D eigenvalue weighted by Crippen LogP contribution is -2.61. The zero-order valence-electron chi connectivity index (χ0n) is 15.4. The average Bonchev–Trinajstić information content (AvgIpc) is 2.92. The second-order valence-electron chi connectivity index (χ2n) is 7.85. The summed E-state index contributed by atoms with van der Waals surface area (Å²) in [7, 11) is 0. The van der Waals surface area contributed by atoms with Crippen LogP contribution in [0.4, 0.5) is 0 Å². The molecular formula is C21H19BrN4O2. The van der Waals surface area contributed by atoms with Crippen LogP contribution in [0.1, 0.15) is 44.3 Å². The van der Waals surface area contributed by atoms with Crippen LogP contribution in [0, 0.1) is 62.1 Å². The minimum Gasteiger partial charge on any atom is -0.447 e. The highest BCUT2D eigenvalue weighted by Gasteiger charge is 2.80. The normalized spacial score (nSPS) is 37.7. The first-order valence-corrected chi connectivity index (χ1v) is 10.2. The summed E-state index contributed by atoms with van der Waals surface area (Å²) in [6.45, 7) is 2.09. The maximum atomic E-state index is 10.3. The van der Waals surface area contributed by atoms with Crippen LogP contribution in [0.2, 0.25) is 0 Å². The lowest BCUT2D eigenvalue weighted by atomic mass is 9.50. The third kappa shape index (κ3) is 2.11. The summed E-state index contributed by atoms with van der Waals surface area (Å²) in [4.78, 5) is 0. The van der Waals surface area contributed by atoms with Crippen LogP contribution in [-0.4, -0.2) is 11.7 Å². The van der Waals surface area contributed by atoms with Crippen LogP contribution in [0.3, 0.4) is 0 Å². The van der Waals surface area contributed by atoms with Gasteiger partial charge in [-0.2, -0.15) is 15.8 Å². The third-order valence-electron chi connectivity index (χ3n) is 6.77. The van der Waals surface area contributed by atoms with Gasteiger partial charge in [0.25, 0.3) is 0 Å². The number of nitriles is 3. The van der Waals surface area contributed by atoms with Crippen LogP contribution in [-0.2, 0) is 9.47 Å². The van der Waals surface area contributed by atoms with Crippen molar-refractivity contribution in [3.8, 4) is 18.2 Å². The molecule has 1 saturated carbocycles. The van der Waals surface area contributed by atoms with Crippen molar-refractivity contribution >= 4 is 21.8 Å². The molecule has 1 aromatic carbocycles. The van der Waals surface area contributed by atoms with Gasteiger partial charge in [0, 0.05) is 10.9 Å². The molecule has 6 nitrogen and oxygen atoms in total. The number of rotatable bonds is 2. The van der Waals surface area contributed by atoms with Gasteiger partial charge in [0.05, 0.1) is 24.1 Å². The van der Waals surface area contributed by atoms with E-state index >= 15 is 0 Å². The molecule has 0 spiro atoms. The number of nitrogens with zero attached hydrogens (tertiary/aromatic N) is 3. The fourth-order valence-corrected chi connectivity index (χ4v) is 5.49. The molecule has 142 valence electrons. The molecule has 2 aliphatic heterocycles. The Bertz CT molecular complexity index is 943. The van der Waals surface area contributed by atoms with Crippen molar-refractivity contribution in [2.75, 3.05) is 0 Å². The zero-order valence-corrected chi connectivity index (χ0v) is 17.0. The number of halogens is 1. The van der Waals surface area contributed by atoms with Crippen LogP contribution in [0.5, 0.6) is 0 Å². The lowest BCUT2D eigenvalue weighted by Gasteiger charge is -2.52. The van der Waals surface area contributed by atoms with E-state index in [1.807, 2.05) is 12.1 Å². The summed E-state index contributed by atoms with van der Waals surface area (Å²) in [5.41, 5.74) is -2.90. The van der Waals surface area contributed by atoms with Crippen molar-refractivity contribution in [2.45, 2.75) is 44.5 Å². The second-order valence-corrected chi connectivity index (χ2v) is 8.76.